The Hall–Kier alpha value is -2.65. The molecule has 0 unspecified atom stereocenters. The Morgan fingerprint density at radius 1 is 1.11 bits per heavy atom. The SMILES string of the molecule is CCOC(=O)[C@]1(C#N)[C@H](c2ccc(CC)cc2)[C@H]1S(=O)(=O)c1ccc(C)cc1. The van der Waals surface area contributed by atoms with Gasteiger partial charge in [0.15, 0.2) is 15.3 Å². The second kappa shape index (κ2) is 7.40. The topological polar surface area (TPSA) is 84.2 Å². The lowest BCUT2D eigenvalue weighted by Gasteiger charge is -2.09. The summed E-state index contributed by atoms with van der Waals surface area (Å²) in [5, 5.41) is 8.73. The van der Waals surface area contributed by atoms with Gasteiger partial charge in [0.05, 0.1) is 17.6 Å². The average Bonchev–Trinajstić information content (AvgIpc) is 3.40. The summed E-state index contributed by atoms with van der Waals surface area (Å²) in [6, 6.07) is 15.9. The van der Waals surface area contributed by atoms with E-state index in [4.69, 9.17) is 4.74 Å². The van der Waals surface area contributed by atoms with Crippen molar-refractivity contribution in [2.75, 3.05) is 6.61 Å². The number of ether oxygens (including phenoxy) is 1. The van der Waals surface area contributed by atoms with Crippen molar-refractivity contribution in [3.63, 3.8) is 0 Å². The minimum Gasteiger partial charge on any atom is -0.465 e. The Morgan fingerprint density at radius 3 is 2.21 bits per heavy atom. The molecule has 0 aromatic heterocycles. The van der Waals surface area contributed by atoms with Gasteiger partial charge in [-0.1, -0.05) is 48.9 Å². The van der Waals surface area contributed by atoms with Gasteiger partial charge in [-0.2, -0.15) is 5.26 Å². The molecule has 0 heterocycles. The molecule has 28 heavy (non-hydrogen) atoms. The van der Waals surface area contributed by atoms with E-state index in [1.807, 2.05) is 32.0 Å². The van der Waals surface area contributed by atoms with E-state index in [1.54, 1.807) is 31.2 Å². The van der Waals surface area contributed by atoms with Gasteiger partial charge >= 0.3 is 5.97 Å². The highest BCUT2D eigenvalue weighted by Crippen LogP contribution is 2.64. The Bertz CT molecular complexity index is 1020. The van der Waals surface area contributed by atoms with Crippen LogP contribution in [0.1, 0.15) is 36.5 Å². The summed E-state index contributed by atoms with van der Waals surface area (Å²) >= 11 is 0. The van der Waals surface area contributed by atoms with E-state index >= 15 is 0 Å². The van der Waals surface area contributed by atoms with E-state index < -0.39 is 32.4 Å². The monoisotopic (exact) mass is 397 g/mol. The molecule has 1 fully saturated rings. The van der Waals surface area contributed by atoms with Crippen LogP contribution >= 0.6 is 0 Å². The number of aryl methyl sites for hydroxylation is 2. The molecule has 0 saturated heterocycles. The van der Waals surface area contributed by atoms with Crippen molar-refractivity contribution in [3.05, 3.63) is 65.2 Å². The van der Waals surface area contributed by atoms with Gasteiger partial charge in [0, 0.05) is 5.92 Å². The number of benzene rings is 2. The first-order valence-electron chi connectivity index (χ1n) is 9.30. The third-order valence-corrected chi connectivity index (χ3v) is 7.60. The number of nitrogens with zero attached hydrogens (tertiary/aromatic N) is 1. The number of hydrogen-bond acceptors (Lipinski definition) is 5. The highest BCUT2D eigenvalue weighted by molar-refractivity contribution is 7.92. The number of nitriles is 1. The Labute approximate surface area is 165 Å². The van der Waals surface area contributed by atoms with E-state index in [0.717, 1.165) is 17.5 Å². The van der Waals surface area contributed by atoms with Crippen molar-refractivity contribution in [2.45, 2.75) is 43.3 Å². The number of sulfone groups is 1. The van der Waals surface area contributed by atoms with Gasteiger partial charge in [-0.05, 0) is 43.5 Å². The van der Waals surface area contributed by atoms with Gasteiger partial charge in [-0.15, -0.1) is 0 Å². The largest absolute Gasteiger partial charge is 0.465 e. The van der Waals surface area contributed by atoms with Crippen molar-refractivity contribution in [3.8, 4) is 6.07 Å². The van der Waals surface area contributed by atoms with Crippen molar-refractivity contribution in [1.82, 2.24) is 0 Å². The molecule has 3 atom stereocenters. The normalized spacial score (nSPS) is 23.6. The Kier molecular flexibility index (Phi) is 5.31. The third-order valence-electron chi connectivity index (χ3n) is 5.36. The van der Waals surface area contributed by atoms with Crippen LogP contribution in [0, 0.1) is 23.7 Å². The van der Waals surface area contributed by atoms with Crippen LogP contribution in [0.2, 0.25) is 0 Å². The number of carbonyl (C=O) groups is 1. The summed E-state index contributed by atoms with van der Waals surface area (Å²) < 4.78 is 31.8. The van der Waals surface area contributed by atoms with Gasteiger partial charge in [-0.25, -0.2) is 8.42 Å². The van der Waals surface area contributed by atoms with Crippen LogP contribution in [-0.4, -0.2) is 26.2 Å². The van der Waals surface area contributed by atoms with E-state index in [9.17, 15) is 18.5 Å². The molecule has 0 amide bonds. The van der Waals surface area contributed by atoms with Crippen LogP contribution in [0.15, 0.2) is 53.4 Å². The van der Waals surface area contributed by atoms with E-state index in [2.05, 4.69) is 0 Å². The zero-order valence-electron chi connectivity index (χ0n) is 16.2. The van der Waals surface area contributed by atoms with Gasteiger partial charge in [0.2, 0.25) is 0 Å². The number of carbonyl (C=O) groups excluding carboxylic acids is 1. The molecule has 0 N–H and O–H groups in total. The van der Waals surface area contributed by atoms with Crippen LogP contribution in [0.3, 0.4) is 0 Å². The molecular weight excluding hydrogens is 374 g/mol. The Balaban J connectivity index is 2.11. The fourth-order valence-electron chi connectivity index (χ4n) is 3.73. The predicted molar refractivity (Wildman–Crippen MR) is 105 cm³/mol. The minimum absolute atomic E-state index is 0.0844. The fourth-order valence-corrected chi connectivity index (χ4v) is 5.97. The lowest BCUT2D eigenvalue weighted by atomic mass is 9.99. The quantitative estimate of drug-likeness (QED) is 0.696. The maximum Gasteiger partial charge on any atom is 0.328 e. The lowest BCUT2D eigenvalue weighted by molar-refractivity contribution is -0.147. The maximum atomic E-state index is 13.3. The smallest absolute Gasteiger partial charge is 0.328 e. The molecule has 0 spiro atoms. The molecule has 6 heteroatoms. The number of rotatable bonds is 6. The Morgan fingerprint density at radius 2 is 1.71 bits per heavy atom. The van der Waals surface area contributed by atoms with Crippen molar-refractivity contribution in [2.24, 2.45) is 5.41 Å². The molecular formula is C22H23NO4S. The molecule has 3 rings (SSSR count). The highest BCUT2D eigenvalue weighted by atomic mass is 32.2. The molecule has 1 aliphatic carbocycles. The van der Waals surface area contributed by atoms with Crippen molar-refractivity contribution in [1.29, 1.82) is 5.26 Å². The minimum atomic E-state index is -3.90. The summed E-state index contributed by atoms with van der Waals surface area (Å²) in [4.78, 5) is 12.8. The summed E-state index contributed by atoms with van der Waals surface area (Å²) in [5.41, 5.74) is 0.958. The lowest BCUT2D eigenvalue weighted by Crippen LogP contribution is -2.25. The molecule has 2 aromatic rings. The van der Waals surface area contributed by atoms with Gasteiger partial charge < -0.3 is 4.74 Å². The zero-order chi connectivity index (χ0) is 20.5. The van der Waals surface area contributed by atoms with E-state index in [1.165, 1.54) is 12.1 Å². The van der Waals surface area contributed by atoms with Crippen molar-refractivity contribution < 1.29 is 17.9 Å². The van der Waals surface area contributed by atoms with Crippen LogP contribution in [0.4, 0.5) is 0 Å². The van der Waals surface area contributed by atoms with Gasteiger partial charge in [0.25, 0.3) is 0 Å². The first kappa shape index (κ1) is 20.1. The molecule has 0 aliphatic heterocycles. The van der Waals surface area contributed by atoms with Crippen molar-refractivity contribution >= 4 is 15.8 Å². The predicted octanol–water partition coefficient (Wildman–Crippen LogP) is 3.57. The second-order valence-corrected chi connectivity index (χ2v) is 9.12. The highest BCUT2D eigenvalue weighted by Gasteiger charge is 2.77. The van der Waals surface area contributed by atoms with Crippen LogP contribution in [0.5, 0.6) is 0 Å². The zero-order valence-corrected chi connectivity index (χ0v) is 17.0. The third kappa shape index (κ3) is 3.10. The summed E-state index contributed by atoms with van der Waals surface area (Å²) in [6.45, 7) is 5.61. The first-order chi connectivity index (χ1) is 13.3. The van der Waals surface area contributed by atoms with Crippen LogP contribution in [-0.2, 0) is 25.8 Å². The molecule has 1 saturated carbocycles. The second-order valence-electron chi connectivity index (χ2n) is 7.05. The maximum absolute atomic E-state index is 13.3. The average molecular weight is 397 g/mol. The summed E-state index contributed by atoms with van der Waals surface area (Å²) in [6.07, 6.45) is 0.845. The van der Waals surface area contributed by atoms with Gasteiger partial charge in [0.1, 0.15) is 5.25 Å². The van der Waals surface area contributed by atoms with E-state index in [-0.39, 0.29) is 11.5 Å². The molecule has 146 valence electrons. The molecule has 0 bridgehead atoms. The van der Waals surface area contributed by atoms with Crippen LogP contribution in [0.25, 0.3) is 0 Å². The number of esters is 1. The standard InChI is InChI=1S/C22H23NO4S/c1-4-16-8-10-17(11-9-16)19-20(22(19,14-23)21(24)27-5-2)28(25,26)18-12-6-15(3)7-13-18/h6-13,19-20H,4-5H2,1-3H3/t19-,20-,22-/m1/s1. The number of hydrogen-bond donors (Lipinski definition) is 0. The fraction of sp³-hybridized carbons (Fsp3) is 0.364. The van der Waals surface area contributed by atoms with Crippen LogP contribution < -0.4 is 0 Å². The van der Waals surface area contributed by atoms with E-state index in [0.29, 0.717) is 5.56 Å². The summed E-state index contributed by atoms with van der Waals surface area (Å²) in [7, 11) is -3.90. The molecule has 2 aromatic carbocycles. The first-order valence-corrected chi connectivity index (χ1v) is 10.8. The molecule has 5 nitrogen and oxygen atoms in total. The van der Waals surface area contributed by atoms with Gasteiger partial charge in [-0.3, -0.25) is 4.79 Å². The molecule has 1 aliphatic rings. The molecule has 0 radical (unpaired) electrons. The summed E-state index contributed by atoms with van der Waals surface area (Å²) in [5.74, 6) is -1.53.